The van der Waals surface area contributed by atoms with Crippen LogP contribution in [0.15, 0.2) is 36.7 Å². The molecule has 2 aromatic rings. The summed E-state index contributed by atoms with van der Waals surface area (Å²) in [6.07, 6.45) is 6.70. The van der Waals surface area contributed by atoms with Crippen molar-refractivity contribution < 1.29 is 0 Å². The fourth-order valence-corrected chi connectivity index (χ4v) is 3.88. The Morgan fingerprint density at radius 2 is 1.88 bits per heavy atom. The lowest BCUT2D eigenvalue weighted by atomic mass is 9.96. The van der Waals surface area contributed by atoms with Crippen LogP contribution in [0.1, 0.15) is 24.1 Å². The number of hydrogen-bond acceptors (Lipinski definition) is 5. The lowest BCUT2D eigenvalue weighted by Crippen LogP contribution is -2.39. The van der Waals surface area contributed by atoms with Crippen LogP contribution in [0.5, 0.6) is 0 Å². The SMILES string of the molecule is N#Cc1nccnc1N1CCC(CN2CCc3ccccc32)CC1. The van der Waals surface area contributed by atoms with Crippen molar-refractivity contribution in [3.8, 4) is 6.07 Å². The van der Waals surface area contributed by atoms with Crippen LogP contribution in [0.2, 0.25) is 0 Å². The Morgan fingerprint density at radius 3 is 2.71 bits per heavy atom. The maximum absolute atomic E-state index is 9.20. The highest BCUT2D eigenvalue weighted by atomic mass is 15.2. The first kappa shape index (κ1) is 14.9. The summed E-state index contributed by atoms with van der Waals surface area (Å²) in [5.41, 5.74) is 3.33. The molecule has 0 spiro atoms. The first-order valence-corrected chi connectivity index (χ1v) is 8.64. The molecule has 0 atom stereocenters. The van der Waals surface area contributed by atoms with Crippen molar-refractivity contribution in [2.75, 3.05) is 36.0 Å². The number of benzene rings is 1. The molecule has 24 heavy (non-hydrogen) atoms. The van der Waals surface area contributed by atoms with Gasteiger partial charge in [0, 0.05) is 44.3 Å². The van der Waals surface area contributed by atoms with Crippen LogP contribution in [0.3, 0.4) is 0 Å². The standard InChI is InChI=1S/C19H21N5/c20-13-17-19(22-9-8-21-17)23-10-5-15(6-11-23)14-24-12-7-16-3-1-2-4-18(16)24/h1-4,8-9,15H,5-7,10-12,14H2. The van der Waals surface area contributed by atoms with Gasteiger partial charge in [-0.3, -0.25) is 0 Å². The van der Waals surface area contributed by atoms with E-state index in [0.29, 0.717) is 11.6 Å². The van der Waals surface area contributed by atoms with E-state index >= 15 is 0 Å². The van der Waals surface area contributed by atoms with E-state index in [9.17, 15) is 5.26 Å². The quantitative estimate of drug-likeness (QED) is 0.870. The molecule has 4 rings (SSSR count). The molecule has 1 fully saturated rings. The number of aromatic nitrogens is 2. The van der Waals surface area contributed by atoms with Crippen molar-refractivity contribution in [1.29, 1.82) is 5.26 Å². The molecule has 0 radical (unpaired) electrons. The van der Waals surface area contributed by atoms with E-state index in [-0.39, 0.29) is 0 Å². The number of nitriles is 1. The number of nitrogens with zero attached hydrogens (tertiary/aromatic N) is 5. The van der Waals surface area contributed by atoms with Crippen molar-refractivity contribution >= 4 is 11.5 Å². The van der Waals surface area contributed by atoms with Crippen molar-refractivity contribution in [3.05, 3.63) is 47.9 Å². The molecule has 5 heteroatoms. The molecule has 2 aliphatic heterocycles. The zero-order chi connectivity index (χ0) is 16.4. The van der Waals surface area contributed by atoms with E-state index in [1.807, 2.05) is 0 Å². The highest BCUT2D eigenvalue weighted by Crippen LogP contribution is 2.30. The molecule has 0 saturated carbocycles. The molecule has 3 heterocycles. The summed E-state index contributed by atoms with van der Waals surface area (Å²) < 4.78 is 0. The summed E-state index contributed by atoms with van der Waals surface area (Å²) in [5, 5.41) is 9.20. The van der Waals surface area contributed by atoms with Gasteiger partial charge in [0.15, 0.2) is 11.5 Å². The zero-order valence-corrected chi connectivity index (χ0v) is 13.7. The summed E-state index contributed by atoms with van der Waals surface area (Å²) >= 11 is 0. The molecule has 5 nitrogen and oxygen atoms in total. The average molecular weight is 319 g/mol. The number of fused-ring (bicyclic) bond motifs is 1. The zero-order valence-electron chi connectivity index (χ0n) is 13.7. The smallest absolute Gasteiger partial charge is 0.183 e. The third-order valence-electron chi connectivity index (χ3n) is 5.16. The predicted octanol–water partition coefficient (Wildman–Crippen LogP) is 2.63. The fraction of sp³-hybridized carbons (Fsp3) is 0.421. The van der Waals surface area contributed by atoms with Gasteiger partial charge in [-0.05, 0) is 36.8 Å². The van der Waals surface area contributed by atoms with E-state index in [2.05, 4.69) is 50.1 Å². The molecule has 0 aliphatic carbocycles. The van der Waals surface area contributed by atoms with Crippen LogP contribution in [-0.2, 0) is 6.42 Å². The fourth-order valence-electron chi connectivity index (χ4n) is 3.88. The average Bonchev–Trinajstić information content (AvgIpc) is 3.05. The highest BCUT2D eigenvalue weighted by Gasteiger charge is 2.26. The van der Waals surface area contributed by atoms with Crippen LogP contribution in [0.25, 0.3) is 0 Å². The number of piperidine rings is 1. The molecule has 0 amide bonds. The van der Waals surface area contributed by atoms with Crippen molar-refractivity contribution in [3.63, 3.8) is 0 Å². The Labute approximate surface area is 142 Å². The maximum Gasteiger partial charge on any atom is 0.183 e. The summed E-state index contributed by atoms with van der Waals surface area (Å²) in [4.78, 5) is 13.2. The van der Waals surface area contributed by atoms with Gasteiger partial charge in [-0.1, -0.05) is 18.2 Å². The molecule has 1 saturated heterocycles. The second-order valence-electron chi connectivity index (χ2n) is 6.60. The number of anilines is 2. The van der Waals surface area contributed by atoms with E-state index < -0.39 is 0 Å². The van der Waals surface area contributed by atoms with Crippen LogP contribution < -0.4 is 9.80 Å². The molecular weight excluding hydrogens is 298 g/mol. The van der Waals surface area contributed by atoms with Crippen LogP contribution in [0, 0.1) is 17.2 Å². The lowest BCUT2D eigenvalue weighted by Gasteiger charge is -2.35. The largest absolute Gasteiger partial charge is 0.371 e. The second kappa shape index (κ2) is 6.48. The summed E-state index contributed by atoms with van der Waals surface area (Å²) in [7, 11) is 0. The first-order chi connectivity index (χ1) is 11.8. The van der Waals surface area contributed by atoms with Gasteiger partial charge in [0.25, 0.3) is 0 Å². The molecule has 0 bridgehead atoms. The van der Waals surface area contributed by atoms with Crippen LogP contribution >= 0.6 is 0 Å². The minimum atomic E-state index is 0.435. The molecule has 1 aromatic heterocycles. The van der Waals surface area contributed by atoms with E-state index in [1.165, 1.54) is 17.7 Å². The normalized spacial score (nSPS) is 17.6. The summed E-state index contributed by atoms with van der Waals surface area (Å²) in [6, 6.07) is 10.9. The second-order valence-corrected chi connectivity index (χ2v) is 6.60. The summed E-state index contributed by atoms with van der Waals surface area (Å²) in [5.74, 6) is 1.44. The summed E-state index contributed by atoms with van der Waals surface area (Å²) in [6.45, 7) is 4.18. The molecule has 2 aliphatic rings. The number of rotatable bonds is 3. The predicted molar refractivity (Wildman–Crippen MR) is 94.0 cm³/mol. The van der Waals surface area contributed by atoms with E-state index in [1.54, 1.807) is 12.4 Å². The van der Waals surface area contributed by atoms with Gasteiger partial charge in [-0.15, -0.1) is 0 Å². The van der Waals surface area contributed by atoms with E-state index in [4.69, 9.17) is 0 Å². The monoisotopic (exact) mass is 319 g/mol. The van der Waals surface area contributed by atoms with Crippen LogP contribution in [0.4, 0.5) is 11.5 Å². The topological polar surface area (TPSA) is 56.1 Å². The number of para-hydroxylation sites is 1. The van der Waals surface area contributed by atoms with Gasteiger partial charge in [-0.2, -0.15) is 5.26 Å². The van der Waals surface area contributed by atoms with Gasteiger partial charge in [0.2, 0.25) is 0 Å². The number of hydrogen-bond donors (Lipinski definition) is 0. The van der Waals surface area contributed by atoms with Crippen molar-refractivity contribution in [2.24, 2.45) is 5.92 Å². The Balaban J connectivity index is 1.38. The van der Waals surface area contributed by atoms with E-state index in [0.717, 1.165) is 44.8 Å². The van der Waals surface area contributed by atoms with Crippen LogP contribution in [-0.4, -0.2) is 36.1 Å². The molecular formula is C19H21N5. The van der Waals surface area contributed by atoms with Gasteiger partial charge < -0.3 is 9.80 Å². The Morgan fingerprint density at radius 1 is 1.08 bits per heavy atom. The molecule has 0 N–H and O–H groups in total. The molecule has 0 unspecified atom stereocenters. The minimum Gasteiger partial charge on any atom is -0.371 e. The molecule has 122 valence electrons. The van der Waals surface area contributed by atoms with Gasteiger partial charge in [0.1, 0.15) is 6.07 Å². The Bertz CT molecular complexity index is 758. The lowest BCUT2D eigenvalue weighted by molar-refractivity contribution is 0.404. The van der Waals surface area contributed by atoms with Crippen molar-refractivity contribution in [1.82, 2.24) is 9.97 Å². The van der Waals surface area contributed by atoms with Gasteiger partial charge >= 0.3 is 0 Å². The Kier molecular flexibility index (Phi) is 4.04. The highest BCUT2D eigenvalue weighted by molar-refractivity contribution is 5.57. The third kappa shape index (κ3) is 2.80. The Hall–Kier alpha value is -2.61. The third-order valence-corrected chi connectivity index (χ3v) is 5.16. The van der Waals surface area contributed by atoms with Gasteiger partial charge in [0.05, 0.1) is 0 Å². The maximum atomic E-state index is 9.20. The molecule has 1 aromatic carbocycles. The minimum absolute atomic E-state index is 0.435. The van der Waals surface area contributed by atoms with Gasteiger partial charge in [-0.25, -0.2) is 9.97 Å². The first-order valence-electron chi connectivity index (χ1n) is 8.64. The van der Waals surface area contributed by atoms with Crippen molar-refractivity contribution in [2.45, 2.75) is 19.3 Å².